The Hall–Kier alpha value is -1.46. The minimum atomic E-state index is -0.0172. The van der Waals surface area contributed by atoms with Gasteiger partial charge in [0, 0.05) is 22.1 Å². The van der Waals surface area contributed by atoms with Gasteiger partial charge in [-0.25, -0.2) is 4.98 Å². The summed E-state index contributed by atoms with van der Waals surface area (Å²) in [7, 11) is 0. The fourth-order valence-corrected chi connectivity index (χ4v) is 2.54. The fraction of sp³-hybridized carbons (Fsp3) is 0.231. The van der Waals surface area contributed by atoms with Crippen LogP contribution in [0.5, 0.6) is 0 Å². The van der Waals surface area contributed by atoms with Crippen molar-refractivity contribution in [3.63, 3.8) is 0 Å². The molecule has 2 aromatic rings. The lowest BCUT2D eigenvalue weighted by Crippen LogP contribution is -2.31. The van der Waals surface area contributed by atoms with Crippen LogP contribution in [0.25, 0.3) is 11.4 Å². The highest BCUT2D eigenvalue weighted by Gasteiger charge is 2.15. The standard InChI is InChI=1S/C13H12BrN3O/c14-9-3-1-2-8(6-9)12-16-11-7-15-5-4-10(11)13(18)17-12/h1-3,6,15H,4-5,7H2,(H,16,17,18). The molecule has 1 aromatic carbocycles. The van der Waals surface area contributed by atoms with Gasteiger partial charge >= 0.3 is 0 Å². The molecule has 4 nitrogen and oxygen atoms in total. The molecule has 18 heavy (non-hydrogen) atoms. The molecule has 1 aliphatic rings. The highest BCUT2D eigenvalue weighted by Crippen LogP contribution is 2.20. The van der Waals surface area contributed by atoms with Gasteiger partial charge in [0.1, 0.15) is 5.82 Å². The van der Waals surface area contributed by atoms with Gasteiger partial charge in [0.25, 0.3) is 5.56 Å². The van der Waals surface area contributed by atoms with E-state index in [4.69, 9.17) is 0 Å². The molecule has 0 aliphatic carbocycles. The molecule has 1 aromatic heterocycles. The van der Waals surface area contributed by atoms with Crippen LogP contribution in [0.3, 0.4) is 0 Å². The first-order chi connectivity index (χ1) is 8.74. The lowest BCUT2D eigenvalue weighted by atomic mass is 10.1. The Morgan fingerprint density at radius 2 is 2.22 bits per heavy atom. The molecule has 5 heteroatoms. The van der Waals surface area contributed by atoms with Crippen LogP contribution >= 0.6 is 15.9 Å². The average molecular weight is 306 g/mol. The number of halogens is 1. The molecule has 0 radical (unpaired) electrons. The Balaban J connectivity index is 2.14. The number of hydrogen-bond donors (Lipinski definition) is 2. The van der Waals surface area contributed by atoms with Crippen LogP contribution in [0.15, 0.2) is 33.5 Å². The van der Waals surface area contributed by atoms with E-state index in [1.165, 1.54) is 0 Å². The molecular formula is C13H12BrN3O. The summed E-state index contributed by atoms with van der Waals surface area (Å²) < 4.78 is 0.971. The largest absolute Gasteiger partial charge is 0.311 e. The van der Waals surface area contributed by atoms with Crippen molar-refractivity contribution in [1.29, 1.82) is 0 Å². The summed E-state index contributed by atoms with van der Waals surface area (Å²) in [5, 5.41) is 3.23. The van der Waals surface area contributed by atoms with E-state index in [2.05, 4.69) is 31.2 Å². The number of nitrogens with zero attached hydrogens (tertiary/aromatic N) is 1. The molecular weight excluding hydrogens is 294 g/mol. The Morgan fingerprint density at radius 3 is 3.06 bits per heavy atom. The molecule has 3 rings (SSSR count). The predicted molar refractivity (Wildman–Crippen MR) is 73.4 cm³/mol. The lowest BCUT2D eigenvalue weighted by Gasteiger charge is -2.15. The summed E-state index contributed by atoms with van der Waals surface area (Å²) in [5.41, 5.74) is 2.57. The summed E-state index contributed by atoms with van der Waals surface area (Å²) >= 11 is 3.42. The molecule has 0 amide bonds. The van der Waals surface area contributed by atoms with Crippen molar-refractivity contribution in [2.24, 2.45) is 0 Å². The molecule has 0 spiro atoms. The van der Waals surface area contributed by atoms with Crippen LogP contribution in [-0.2, 0) is 13.0 Å². The Morgan fingerprint density at radius 1 is 1.33 bits per heavy atom. The number of aromatic nitrogens is 2. The van der Waals surface area contributed by atoms with E-state index >= 15 is 0 Å². The Bertz CT molecular complexity index is 651. The number of benzene rings is 1. The quantitative estimate of drug-likeness (QED) is 0.845. The van der Waals surface area contributed by atoms with E-state index in [-0.39, 0.29) is 5.56 Å². The maximum absolute atomic E-state index is 12.0. The summed E-state index contributed by atoms with van der Waals surface area (Å²) in [6, 6.07) is 7.76. The van der Waals surface area contributed by atoms with Gasteiger partial charge in [0.15, 0.2) is 0 Å². The predicted octanol–water partition coefficient (Wildman–Crippen LogP) is 1.85. The number of hydrogen-bond acceptors (Lipinski definition) is 3. The van der Waals surface area contributed by atoms with E-state index in [9.17, 15) is 4.79 Å². The third-order valence-corrected chi connectivity index (χ3v) is 3.54. The van der Waals surface area contributed by atoms with Crippen molar-refractivity contribution in [3.8, 4) is 11.4 Å². The van der Waals surface area contributed by atoms with Crippen LogP contribution in [0.2, 0.25) is 0 Å². The number of nitrogens with one attached hydrogen (secondary N) is 2. The van der Waals surface area contributed by atoms with Gasteiger partial charge in [-0.1, -0.05) is 28.1 Å². The number of fused-ring (bicyclic) bond motifs is 1. The van der Waals surface area contributed by atoms with E-state index in [0.717, 1.165) is 34.3 Å². The zero-order valence-electron chi connectivity index (χ0n) is 9.66. The molecule has 2 N–H and O–H groups in total. The fourth-order valence-electron chi connectivity index (χ4n) is 2.14. The van der Waals surface area contributed by atoms with E-state index < -0.39 is 0 Å². The second kappa shape index (κ2) is 4.66. The van der Waals surface area contributed by atoms with Crippen LogP contribution < -0.4 is 10.9 Å². The number of rotatable bonds is 1. The SMILES string of the molecule is O=c1[nH]c(-c2cccc(Br)c2)nc2c1CCNC2. The third kappa shape index (κ3) is 2.11. The first-order valence-electron chi connectivity index (χ1n) is 5.83. The normalized spacial score (nSPS) is 14.3. The highest BCUT2D eigenvalue weighted by molar-refractivity contribution is 9.10. The summed E-state index contributed by atoms with van der Waals surface area (Å²) in [6.07, 6.45) is 0.746. The topological polar surface area (TPSA) is 57.8 Å². The first kappa shape index (κ1) is 11.6. The average Bonchev–Trinajstić information content (AvgIpc) is 2.39. The van der Waals surface area contributed by atoms with E-state index in [1.54, 1.807) is 0 Å². The van der Waals surface area contributed by atoms with Gasteiger partial charge < -0.3 is 10.3 Å². The van der Waals surface area contributed by atoms with Gasteiger partial charge in [-0.2, -0.15) is 0 Å². The second-order valence-electron chi connectivity index (χ2n) is 4.28. The maximum atomic E-state index is 12.0. The molecule has 0 fully saturated rings. The molecule has 92 valence electrons. The van der Waals surface area contributed by atoms with Crippen LogP contribution in [-0.4, -0.2) is 16.5 Å². The number of H-pyrrole nitrogens is 1. The monoisotopic (exact) mass is 305 g/mol. The van der Waals surface area contributed by atoms with Gasteiger partial charge in [0.05, 0.1) is 5.69 Å². The minimum Gasteiger partial charge on any atom is -0.311 e. The second-order valence-corrected chi connectivity index (χ2v) is 5.19. The van der Waals surface area contributed by atoms with Crippen molar-refractivity contribution < 1.29 is 0 Å². The molecule has 0 atom stereocenters. The van der Waals surface area contributed by atoms with Gasteiger partial charge in [-0.3, -0.25) is 4.79 Å². The zero-order chi connectivity index (χ0) is 12.5. The summed E-state index contributed by atoms with van der Waals surface area (Å²) in [5.74, 6) is 0.628. The summed E-state index contributed by atoms with van der Waals surface area (Å²) in [4.78, 5) is 19.4. The maximum Gasteiger partial charge on any atom is 0.254 e. The first-order valence-corrected chi connectivity index (χ1v) is 6.62. The number of aromatic amines is 1. The molecule has 0 saturated carbocycles. The minimum absolute atomic E-state index is 0.0172. The van der Waals surface area contributed by atoms with Crippen LogP contribution in [0.4, 0.5) is 0 Å². The van der Waals surface area contributed by atoms with E-state index in [0.29, 0.717) is 12.4 Å². The van der Waals surface area contributed by atoms with Crippen LogP contribution in [0, 0.1) is 0 Å². The van der Waals surface area contributed by atoms with Crippen molar-refractivity contribution >= 4 is 15.9 Å². The lowest BCUT2D eigenvalue weighted by molar-refractivity contribution is 0.619. The highest BCUT2D eigenvalue weighted by atomic mass is 79.9. The Kier molecular flexibility index (Phi) is 3.01. The Labute approximate surface area is 113 Å². The molecule has 0 bridgehead atoms. The third-order valence-electron chi connectivity index (χ3n) is 3.04. The van der Waals surface area contributed by atoms with Gasteiger partial charge in [0.2, 0.25) is 0 Å². The van der Waals surface area contributed by atoms with Crippen molar-refractivity contribution in [2.45, 2.75) is 13.0 Å². The van der Waals surface area contributed by atoms with Gasteiger partial charge in [-0.15, -0.1) is 0 Å². The molecule has 2 heterocycles. The van der Waals surface area contributed by atoms with E-state index in [1.807, 2.05) is 24.3 Å². The smallest absolute Gasteiger partial charge is 0.254 e. The summed E-state index contributed by atoms with van der Waals surface area (Å²) in [6.45, 7) is 1.51. The molecule has 0 saturated heterocycles. The van der Waals surface area contributed by atoms with Crippen molar-refractivity contribution in [1.82, 2.24) is 15.3 Å². The van der Waals surface area contributed by atoms with Gasteiger partial charge in [-0.05, 0) is 25.1 Å². The molecule has 1 aliphatic heterocycles. The van der Waals surface area contributed by atoms with Crippen molar-refractivity contribution in [2.75, 3.05) is 6.54 Å². The zero-order valence-corrected chi connectivity index (χ0v) is 11.3. The molecule has 0 unspecified atom stereocenters. The van der Waals surface area contributed by atoms with Crippen LogP contribution in [0.1, 0.15) is 11.3 Å². The van der Waals surface area contributed by atoms with Crippen molar-refractivity contribution in [3.05, 3.63) is 50.3 Å².